The summed E-state index contributed by atoms with van der Waals surface area (Å²) in [6.07, 6.45) is 1.01. The minimum absolute atomic E-state index is 0.0159. The Kier molecular flexibility index (Phi) is 4.32. The maximum absolute atomic E-state index is 13.3. The lowest BCUT2D eigenvalue weighted by Crippen LogP contribution is -2.41. The lowest BCUT2D eigenvalue weighted by atomic mass is 10.1. The number of nitrogens with zero attached hydrogens (tertiary/aromatic N) is 1. The molecule has 1 fully saturated rings. The summed E-state index contributed by atoms with van der Waals surface area (Å²) in [5.41, 5.74) is 1.50. The van der Waals surface area contributed by atoms with E-state index in [1.807, 2.05) is 18.2 Å². The average Bonchev–Trinajstić information content (AvgIpc) is 3.40. The van der Waals surface area contributed by atoms with Crippen molar-refractivity contribution in [3.8, 4) is 5.75 Å². The maximum Gasteiger partial charge on any atom is 0.240 e. The highest BCUT2D eigenvalue weighted by Gasteiger charge is 2.40. The molecule has 26 heavy (non-hydrogen) atoms. The number of halogens is 1. The van der Waals surface area contributed by atoms with Crippen LogP contribution >= 0.6 is 0 Å². The van der Waals surface area contributed by atoms with E-state index < -0.39 is 0 Å². The molecule has 1 aliphatic carbocycles. The first-order valence-corrected chi connectivity index (χ1v) is 8.69. The van der Waals surface area contributed by atoms with Gasteiger partial charge < -0.3 is 10.1 Å². The van der Waals surface area contributed by atoms with Crippen molar-refractivity contribution in [3.63, 3.8) is 0 Å². The molecule has 1 aliphatic heterocycles. The largest absolute Gasteiger partial charge is 0.491 e. The zero-order valence-corrected chi connectivity index (χ0v) is 14.2. The molecule has 4 rings (SSSR count). The second kappa shape index (κ2) is 6.78. The van der Waals surface area contributed by atoms with Crippen LogP contribution in [-0.2, 0) is 9.59 Å². The fraction of sp³-hybridized carbons (Fsp3) is 0.300. The number of anilines is 1. The molecule has 2 atom stereocenters. The quantitative estimate of drug-likeness (QED) is 0.918. The highest BCUT2D eigenvalue weighted by atomic mass is 19.1. The molecule has 0 radical (unpaired) electrons. The number of para-hydroxylation sites is 2. The number of hydrogen-bond acceptors (Lipinski definition) is 3. The molecule has 2 aromatic carbocycles. The normalized spacial score (nSPS) is 21.4. The van der Waals surface area contributed by atoms with Crippen molar-refractivity contribution < 1.29 is 18.7 Å². The lowest BCUT2D eigenvalue weighted by molar-refractivity contribution is -0.124. The molecule has 0 bridgehead atoms. The monoisotopic (exact) mass is 354 g/mol. The average molecular weight is 354 g/mol. The van der Waals surface area contributed by atoms with Crippen LogP contribution in [0.4, 0.5) is 10.1 Å². The third kappa shape index (κ3) is 3.40. The SMILES string of the molecule is O=C(CN1C(=O)CCOc2ccccc21)N[C@@H]1C[C@@H]1c1cccc(F)c1. The van der Waals surface area contributed by atoms with Gasteiger partial charge in [-0.25, -0.2) is 4.39 Å². The number of ether oxygens (including phenoxy) is 1. The van der Waals surface area contributed by atoms with Gasteiger partial charge in [0, 0.05) is 12.0 Å². The van der Waals surface area contributed by atoms with Crippen molar-refractivity contribution in [2.24, 2.45) is 0 Å². The van der Waals surface area contributed by atoms with E-state index in [9.17, 15) is 14.0 Å². The van der Waals surface area contributed by atoms with Gasteiger partial charge in [0.25, 0.3) is 0 Å². The van der Waals surface area contributed by atoms with E-state index in [0.29, 0.717) is 18.0 Å². The van der Waals surface area contributed by atoms with Crippen LogP contribution in [0.15, 0.2) is 48.5 Å². The molecule has 1 N–H and O–H groups in total. The highest BCUT2D eigenvalue weighted by Crippen LogP contribution is 2.41. The summed E-state index contributed by atoms with van der Waals surface area (Å²) < 4.78 is 18.9. The number of rotatable bonds is 4. The van der Waals surface area contributed by atoms with Crippen LogP contribution in [0.5, 0.6) is 5.75 Å². The van der Waals surface area contributed by atoms with E-state index in [1.165, 1.54) is 17.0 Å². The molecule has 6 heteroatoms. The number of fused-ring (bicyclic) bond motifs is 1. The minimum Gasteiger partial charge on any atom is -0.491 e. The Morgan fingerprint density at radius 3 is 2.92 bits per heavy atom. The summed E-state index contributed by atoms with van der Waals surface area (Å²) in [6, 6.07) is 13.6. The van der Waals surface area contributed by atoms with Crippen LogP contribution in [0.2, 0.25) is 0 Å². The van der Waals surface area contributed by atoms with Crippen LogP contribution in [0.1, 0.15) is 24.3 Å². The van der Waals surface area contributed by atoms with E-state index in [4.69, 9.17) is 4.74 Å². The molecule has 5 nitrogen and oxygen atoms in total. The highest BCUT2D eigenvalue weighted by molar-refractivity contribution is 6.00. The Bertz CT molecular complexity index is 854. The van der Waals surface area contributed by atoms with Gasteiger partial charge in [0.05, 0.1) is 18.7 Å². The number of amides is 2. The molecule has 134 valence electrons. The van der Waals surface area contributed by atoms with Gasteiger partial charge in [-0.05, 0) is 36.2 Å². The first-order chi connectivity index (χ1) is 12.6. The molecule has 2 aliphatic rings. The van der Waals surface area contributed by atoms with Crippen molar-refractivity contribution in [2.45, 2.75) is 24.8 Å². The third-order valence-electron chi connectivity index (χ3n) is 4.75. The first-order valence-electron chi connectivity index (χ1n) is 8.69. The summed E-state index contributed by atoms with van der Waals surface area (Å²) in [4.78, 5) is 26.3. The lowest BCUT2D eigenvalue weighted by Gasteiger charge is -2.21. The fourth-order valence-electron chi connectivity index (χ4n) is 3.35. The van der Waals surface area contributed by atoms with Gasteiger partial charge in [-0.3, -0.25) is 14.5 Å². The van der Waals surface area contributed by atoms with E-state index in [0.717, 1.165) is 12.0 Å². The first kappa shape index (κ1) is 16.6. The van der Waals surface area contributed by atoms with Crippen LogP contribution < -0.4 is 15.0 Å². The zero-order chi connectivity index (χ0) is 18.1. The van der Waals surface area contributed by atoms with E-state index in [2.05, 4.69) is 5.32 Å². The van der Waals surface area contributed by atoms with Gasteiger partial charge in [0.15, 0.2) is 0 Å². The summed E-state index contributed by atoms with van der Waals surface area (Å²) in [5, 5.41) is 2.94. The zero-order valence-electron chi connectivity index (χ0n) is 14.2. The Labute approximate surface area is 150 Å². The van der Waals surface area contributed by atoms with Crippen molar-refractivity contribution in [1.82, 2.24) is 5.32 Å². The smallest absolute Gasteiger partial charge is 0.240 e. The molecule has 0 spiro atoms. The molecule has 1 heterocycles. The van der Waals surface area contributed by atoms with Gasteiger partial charge >= 0.3 is 0 Å². The second-order valence-corrected chi connectivity index (χ2v) is 6.62. The second-order valence-electron chi connectivity index (χ2n) is 6.62. The van der Waals surface area contributed by atoms with Crippen LogP contribution in [0.3, 0.4) is 0 Å². The van der Waals surface area contributed by atoms with E-state index in [-0.39, 0.29) is 42.6 Å². The van der Waals surface area contributed by atoms with Crippen molar-refractivity contribution in [2.75, 3.05) is 18.1 Å². The molecule has 0 aromatic heterocycles. The molecule has 2 aromatic rings. The third-order valence-corrected chi connectivity index (χ3v) is 4.75. The predicted octanol–water partition coefficient (Wildman–Crippen LogP) is 2.61. The van der Waals surface area contributed by atoms with Gasteiger partial charge in [-0.1, -0.05) is 24.3 Å². The Balaban J connectivity index is 1.41. The molecular formula is C20H19FN2O3. The summed E-state index contributed by atoms with van der Waals surface area (Å²) >= 11 is 0. The van der Waals surface area contributed by atoms with Gasteiger partial charge in [-0.2, -0.15) is 0 Å². The Morgan fingerprint density at radius 2 is 2.08 bits per heavy atom. The Morgan fingerprint density at radius 1 is 1.23 bits per heavy atom. The van der Waals surface area contributed by atoms with Crippen molar-refractivity contribution >= 4 is 17.5 Å². The molecular weight excluding hydrogens is 335 g/mol. The van der Waals surface area contributed by atoms with Gasteiger partial charge in [-0.15, -0.1) is 0 Å². The standard InChI is InChI=1S/C20H19FN2O3/c21-14-5-3-4-13(10-14)15-11-16(15)22-19(24)12-23-17-6-1-2-7-18(17)26-9-8-20(23)25/h1-7,10,15-16H,8-9,11-12H2,(H,22,24)/t15-,16-/m1/s1. The number of nitrogens with one attached hydrogen (secondary N) is 1. The molecule has 0 unspecified atom stereocenters. The molecule has 1 saturated carbocycles. The van der Waals surface area contributed by atoms with Crippen molar-refractivity contribution in [3.05, 3.63) is 59.9 Å². The van der Waals surface area contributed by atoms with E-state index in [1.54, 1.807) is 18.2 Å². The fourth-order valence-corrected chi connectivity index (χ4v) is 3.35. The summed E-state index contributed by atoms with van der Waals surface area (Å²) in [7, 11) is 0. The van der Waals surface area contributed by atoms with Crippen LogP contribution in [0, 0.1) is 5.82 Å². The van der Waals surface area contributed by atoms with E-state index >= 15 is 0 Å². The Hall–Kier alpha value is -2.89. The number of benzene rings is 2. The maximum atomic E-state index is 13.3. The van der Waals surface area contributed by atoms with Gasteiger partial charge in [0.2, 0.25) is 11.8 Å². The summed E-state index contributed by atoms with van der Waals surface area (Å²) in [6.45, 7) is 0.254. The van der Waals surface area contributed by atoms with Crippen molar-refractivity contribution in [1.29, 1.82) is 0 Å². The summed E-state index contributed by atoms with van der Waals surface area (Å²) in [5.74, 6) is 0.105. The molecule has 0 saturated heterocycles. The number of hydrogen-bond donors (Lipinski definition) is 1. The number of carbonyl (C=O) groups excluding carboxylic acids is 2. The van der Waals surface area contributed by atoms with Crippen LogP contribution in [0.25, 0.3) is 0 Å². The minimum atomic E-state index is -0.272. The van der Waals surface area contributed by atoms with Gasteiger partial charge in [0.1, 0.15) is 18.1 Å². The predicted molar refractivity (Wildman–Crippen MR) is 94.6 cm³/mol. The van der Waals surface area contributed by atoms with Crippen LogP contribution in [-0.4, -0.2) is 31.0 Å². The molecule has 2 amide bonds. The topological polar surface area (TPSA) is 58.6 Å². The number of carbonyl (C=O) groups is 2.